The van der Waals surface area contributed by atoms with Crippen molar-refractivity contribution in [1.29, 1.82) is 0 Å². The first kappa shape index (κ1) is 21.0. The number of nitrogens with zero attached hydrogens (tertiary/aromatic N) is 1. The number of hydrogen-bond donors (Lipinski definition) is 1. The van der Waals surface area contributed by atoms with Gasteiger partial charge in [-0.1, -0.05) is 62.4 Å². The van der Waals surface area contributed by atoms with Crippen LogP contribution in [0.3, 0.4) is 0 Å². The molecule has 0 fully saturated rings. The molecule has 0 unspecified atom stereocenters. The van der Waals surface area contributed by atoms with E-state index >= 15 is 0 Å². The minimum atomic E-state index is -0.517. The third kappa shape index (κ3) is 4.84. The summed E-state index contributed by atoms with van der Waals surface area (Å²) < 4.78 is 5.56. The van der Waals surface area contributed by atoms with Gasteiger partial charge in [-0.2, -0.15) is 0 Å². The van der Waals surface area contributed by atoms with Crippen LogP contribution in [0.2, 0.25) is 0 Å². The number of aryl methyl sites for hydroxylation is 1. The predicted molar refractivity (Wildman–Crippen MR) is 117 cm³/mol. The number of hydrogen-bond acceptors (Lipinski definition) is 4. The van der Waals surface area contributed by atoms with Crippen LogP contribution in [0.25, 0.3) is 0 Å². The molecular weight excluding hydrogens is 380 g/mol. The first-order valence-corrected chi connectivity index (χ1v) is 9.61. The molecule has 0 saturated heterocycles. The van der Waals surface area contributed by atoms with Crippen molar-refractivity contribution in [2.75, 3.05) is 11.9 Å². The minimum Gasteiger partial charge on any atom is -0.484 e. The maximum Gasteiger partial charge on any atom is 0.293 e. The summed E-state index contributed by atoms with van der Waals surface area (Å²) in [5.41, 5.74) is 2.92. The van der Waals surface area contributed by atoms with Gasteiger partial charge >= 0.3 is 0 Å². The highest BCUT2D eigenvalue weighted by molar-refractivity contribution is 5.94. The van der Waals surface area contributed by atoms with E-state index in [9.17, 15) is 14.9 Å². The number of carbonyl (C=O) groups excluding carboxylic acids is 1. The van der Waals surface area contributed by atoms with E-state index in [1.807, 2.05) is 42.5 Å². The summed E-state index contributed by atoms with van der Waals surface area (Å²) in [6, 6.07) is 22.5. The summed E-state index contributed by atoms with van der Waals surface area (Å²) in [4.78, 5) is 22.9. The van der Waals surface area contributed by atoms with Crippen LogP contribution in [-0.2, 0) is 10.2 Å². The minimum absolute atomic E-state index is 0.143. The molecule has 0 aromatic heterocycles. The summed E-state index contributed by atoms with van der Waals surface area (Å²) in [5.74, 6) is 0.0896. The van der Waals surface area contributed by atoms with E-state index in [4.69, 9.17) is 4.74 Å². The molecule has 1 amide bonds. The topological polar surface area (TPSA) is 81.5 Å². The molecule has 0 heterocycles. The number of anilines is 1. The van der Waals surface area contributed by atoms with Crippen LogP contribution in [0.4, 0.5) is 11.4 Å². The van der Waals surface area contributed by atoms with Crippen LogP contribution in [0, 0.1) is 17.0 Å². The number of benzene rings is 3. The van der Waals surface area contributed by atoms with Crippen molar-refractivity contribution in [3.05, 3.63) is 99.6 Å². The van der Waals surface area contributed by atoms with Gasteiger partial charge < -0.3 is 10.1 Å². The van der Waals surface area contributed by atoms with E-state index in [0.717, 1.165) is 11.1 Å². The number of nitro groups is 1. The Morgan fingerprint density at radius 2 is 1.63 bits per heavy atom. The third-order valence-electron chi connectivity index (χ3n) is 5.07. The summed E-state index contributed by atoms with van der Waals surface area (Å²) >= 11 is 0. The Morgan fingerprint density at radius 1 is 1.00 bits per heavy atom. The molecule has 154 valence electrons. The molecule has 30 heavy (non-hydrogen) atoms. The Hall–Kier alpha value is -3.67. The molecule has 0 aliphatic heterocycles. The highest BCUT2D eigenvalue weighted by Gasteiger charge is 2.22. The van der Waals surface area contributed by atoms with E-state index in [2.05, 4.69) is 31.3 Å². The molecular formula is C24H24N2O4. The van der Waals surface area contributed by atoms with Crippen molar-refractivity contribution in [1.82, 2.24) is 0 Å². The van der Waals surface area contributed by atoms with Crippen molar-refractivity contribution in [3.63, 3.8) is 0 Å². The van der Waals surface area contributed by atoms with Crippen LogP contribution in [0.1, 0.15) is 30.5 Å². The number of amides is 1. The van der Waals surface area contributed by atoms with Crippen molar-refractivity contribution in [3.8, 4) is 5.75 Å². The molecule has 3 rings (SSSR count). The van der Waals surface area contributed by atoms with Gasteiger partial charge in [0.1, 0.15) is 11.4 Å². The van der Waals surface area contributed by atoms with Gasteiger partial charge in [0.05, 0.1) is 4.92 Å². The quantitative estimate of drug-likeness (QED) is 0.431. The second kappa shape index (κ2) is 8.78. The second-order valence-electron chi connectivity index (χ2n) is 7.63. The maximum atomic E-state index is 12.2. The molecule has 0 atom stereocenters. The van der Waals surface area contributed by atoms with E-state index < -0.39 is 10.8 Å². The van der Waals surface area contributed by atoms with Gasteiger partial charge in [-0.25, -0.2) is 0 Å². The number of nitrogens with one attached hydrogen (secondary N) is 1. The number of ether oxygens (including phenoxy) is 1. The van der Waals surface area contributed by atoms with E-state index in [1.165, 1.54) is 17.7 Å². The number of rotatable bonds is 7. The summed E-state index contributed by atoms with van der Waals surface area (Å²) in [6.07, 6.45) is 0. The van der Waals surface area contributed by atoms with Crippen LogP contribution in [0.5, 0.6) is 5.75 Å². The Morgan fingerprint density at radius 3 is 2.27 bits per heavy atom. The zero-order chi connectivity index (χ0) is 21.7. The highest BCUT2D eigenvalue weighted by Crippen LogP contribution is 2.32. The summed E-state index contributed by atoms with van der Waals surface area (Å²) in [6.45, 7) is 5.82. The third-order valence-corrected chi connectivity index (χ3v) is 5.07. The lowest BCUT2D eigenvalue weighted by molar-refractivity contribution is -0.384. The molecule has 6 heteroatoms. The fraction of sp³-hybridized carbons (Fsp3) is 0.208. The van der Waals surface area contributed by atoms with Crippen LogP contribution < -0.4 is 10.1 Å². The van der Waals surface area contributed by atoms with Crippen LogP contribution >= 0.6 is 0 Å². The van der Waals surface area contributed by atoms with Gasteiger partial charge in [-0.3, -0.25) is 14.9 Å². The molecule has 3 aromatic carbocycles. The van der Waals surface area contributed by atoms with Crippen molar-refractivity contribution >= 4 is 17.3 Å². The Balaban J connectivity index is 1.63. The lowest BCUT2D eigenvalue weighted by Gasteiger charge is -2.26. The Labute approximate surface area is 175 Å². The van der Waals surface area contributed by atoms with Crippen molar-refractivity contribution in [2.24, 2.45) is 0 Å². The molecule has 0 bridgehead atoms. The Bertz CT molecular complexity index is 1040. The predicted octanol–water partition coefficient (Wildman–Crippen LogP) is 5.25. The van der Waals surface area contributed by atoms with E-state index in [1.54, 1.807) is 13.0 Å². The first-order chi connectivity index (χ1) is 14.3. The molecule has 0 saturated carbocycles. The Kier molecular flexibility index (Phi) is 6.16. The molecule has 0 aliphatic carbocycles. The SMILES string of the molecule is Cc1ccc(NC(=O)COc2ccc(C(C)(C)c3ccccc3)cc2)c([N+](=O)[O-])c1. The number of nitro benzene ring substituents is 1. The fourth-order valence-electron chi connectivity index (χ4n) is 3.22. The van der Waals surface area contributed by atoms with Gasteiger partial charge in [0.25, 0.3) is 11.6 Å². The first-order valence-electron chi connectivity index (χ1n) is 9.61. The average Bonchev–Trinajstić information content (AvgIpc) is 2.74. The van der Waals surface area contributed by atoms with E-state index in [0.29, 0.717) is 5.75 Å². The van der Waals surface area contributed by atoms with Crippen molar-refractivity contribution in [2.45, 2.75) is 26.2 Å². The fourth-order valence-corrected chi connectivity index (χ4v) is 3.22. The molecule has 0 radical (unpaired) electrons. The smallest absolute Gasteiger partial charge is 0.293 e. The van der Waals surface area contributed by atoms with Gasteiger partial charge in [-0.05, 0) is 41.8 Å². The van der Waals surface area contributed by atoms with Crippen LogP contribution in [-0.4, -0.2) is 17.4 Å². The van der Waals surface area contributed by atoms with Gasteiger partial charge in [0, 0.05) is 11.5 Å². The van der Waals surface area contributed by atoms with Gasteiger partial charge in [-0.15, -0.1) is 0 Å². The van der Waals surface area contributed by atoms with Crippen molar-refractivity contribution < 1.29 is 14.5 Å². The van der Waals surface area contributed by atoms with E-state index in [-0.39, 0.29) is 23.4 Å². The van der Waals surface area contributed by atoms with Gasteiger partial charge in [0.2, 0.25) is 0 Å². The highest BCUT2D eigenvalue weighted by atomic mass is 16.6. The summed E-state index contributed by atoms with van der Waals surface area (Å²) in [7, 11) is 0. The lowest BCUT2D eigenvalue weighted by Crippen LogP contribution is -2.21. The van der Waals surface area contributed by atoms with Crippen LogP contribution in [0.15, 0.2) is 72.8 Å². The molecule has 1 N–H and O–H groups in total. The number of carbonyl (C=O) groups is 1. The normalized spacial score (nSPS) is 11.0. The average molecular weight is 404 g/mol. The standard InChI is InChI=1S/C24H24N2O4/c1-17-9-14-21(22(15-17)26(28)29)25-23(27)16-30-20-12-10-19(11-13-20)24(2,3)18-7-5-4-6-8-18/h4-15H,16H2,1-3H3,(H,25,27). The van der Waals surface area contributed by atoms with Gasteiger partial charge in [0.15, 0.2) is 6.61 Å². The lowest BCUT2D eigenvalue weighted by atomic mass is 9.78. The monoisotopic (exact) mass is 404 g/mol. The summed E-state index contributed by atoms with van der Waals surface area (Å²) in [5, 5.41) is 13.7. The zero-order valence-corrected chi connectivity index (χ0v) is 17.2. The molecule has 0 aliphatic rings. The maximum absolute atomic E-state index is 12.2. The largest absolute Gasteiger partial charge is 0.484 e. The zero-order valence-electron chi connectivity index (χ0n) is 17.2. The molecule has 0 spiro atoms. The molecule has 3 aromatic rings. The second-order valence-corrected chi connectivity index (χ2v) is 7.63. The molecule has 6 nitrogen and oxygen atoms in total.